The van der Waals surface area contributed by atoms with Crippen molar-refractivity contribution in [3.8, 4) is 22.8 Å². The molecule has 2 aromatic carbocycles. The van der Waals surface area contributed by atoms with Crippen LogP contribution in [-0.2, 0) is 14.3 Å². The normalized spacial score (nSPS) is 17.5. The molecule has 7 nitrogen and oxygen atoms in total. The zero-order valence-electron chi connectivity index (χ0n) is 20.6. The number of carbonyl (C=O) groups excluding carboxylic acids is 1. The molecular weight excluding hydrogens is 507 g/mol. The van der Waals surface area contributed by atoms with Gasteiger partial charge in [0.05, 0.1) is 46.7 Å². The van der Waals surface area contributed by atoms with Gasteiger partial charge in [0.15, 0.2) is 11.0 Å². The maximum Gasteiger partial charge on any atom is 0.309 e. The fourth-order valence-electron chi connectivity index (χ4n) is 3.93. The second-order valence-electron chi connectivity index (χ2n) is 9.62. The van der Waals surface area contributed by atoms with Crippen molar-refractivity contribution < 1.29 is 28.2 Å². The molecule has 1 aliphatic rings. The third-order valence-corrected chi connectivity index (χ3v) is 6.35. The molecule has 0 unspecified atom stereocenters. The van der Waals surface area contributed by atoms with Crippen molar-refractivity contribution in [3.05, 3.63) is 56.7 Å². The molecule has 0 spiro atoms. The molecule has 0 atom stereocenters. The number of ether oxygens (including phenoxy) is 4. The molecule has 9 heteroatoms. The van der Waals surface area contributed by atoms with Crippen LogP contribution in [0.2, 0.25) is 10.0 Å². The lowest BCUT2D eigenvalue weighted by atomic mass is 9.82. The Morgan fingerprint density at radius 3 is 2.50 bits per heavy atom. The topological polar surface area (TPSA) is 84.2 Å². The minimum Gasteiger partial charge on any atom is -0.496 e. The Kier molecular flexibility index (Phi) is 7.83. The number of hydrogen-bond acceptors (Lipinski definition) is 7. The van der Waals surface area contributed by atoms with Crippen LogP contribution in [0.25, 0.3) is 22.3 Å². The van der Waals surface area contributed by atoms with Crippen LogP contribution in [0.15, 0.2) is 45.6 Å². The van der Waals surface area contributed by atoms with Crippen molar-refractivity contribution >= 4 is 40.1 Å². The van der Waals surface area contributed by atoms with Gasteiger partial charge in [-0.2, -0.15) is 0 Å². The van der Waals surface area contributed by atoms with E-state index in [1.807, 2.05) is 20.8 Å². The third-order valence-electron chi connectivity index (χ3n) is 5.76. The first-order chi connectivity index (χ1) is 17.1. The number of hydrogen-bond donors (Lipinski definition) is 0. The summed E-state index contributed by atoms with van der Waals surface area (Å²) in [5.41, 5.74) is 0.0668. The summed E-state index contributed by atoms with van der Waals surface area (Å²) in [5.74, 6) is 0.772. The Labute approximate surface area is 219 Å². The average molecular weight is 535 g/mol. The van der Waals surface area contributed by atoms with E-state index in [4.69, 9.17) is 46.6 Å². The van der Waals surface area contributed by atoms with Gasteiger partial charge in [0.25, 0.3) is 0 Å². The van der Waals surface area contributed by atoms with E-state index in [0.29, 0.717) is 57.5 Å². The summed E-state index contributed by atoms with van der Waals surface area (Å²) in [6.07, 6.45) is 1.25. The van der Waals surface area contributed by atoms with Crippen LogP contribution in [-0.4, -0.2) is 38.0 Å². The van der Waals surface area contributed by atoms with Gasteiger partial charge in [-0.3, -0.25) is 9.59 Å². The minimum absolute atomic E-state index is 0.00959. The lowest BCUT2D eigenvalue weighted by molar-refractivity contribution is -0.169. The third kappa shape index (κ3) is 5.97. The highest BCUT2D eigenvalue weighted by Crippen LogP contribution is 2.39. The smallest absolute Gasteiger partial charge is 0.309 e. The lowest BCUT2D eigenvalue weighted by Gasteiger charge is -2.35. The Bertz CT molecular complexity index is 1320. The monoisotopic (exact) mass is 534 g/mol. The summed E-state index contributed by atoms with van der Waals surface area (Å²) in [7, 11) is 1.50. The van der Waals surface area contributed by atoms with Gasteiger partial charge in [-0.05, 0) is 51.8 Å². The van der Waals surface area contributed by atoms with Crippen LogP contribution in [0.5, 0.6) is 11.5 Å². The van der Waals surface area contributed by atoms with Gasteiger partial charge in [0.1, 0.15) is 29.5 Å². The van der Waals surface area contributed by atoms with E-state index in [1.165, 1.54) is 13.2 Å². The highest BCUT2D eigenvalue weighted by atomic mass is 35.5. The molecule has 0 saturated heterocycles. The van der Waals surface area contributed by atoms with E-state index in [0.717, 1.165) is 0 Å². The molecule has 0 amide bonds. The number of para-hydroxylation sites is 1. The van der Waals surface area contributed by atoms with E-state index in [2.05, 4.69) is 0 Å². The van der Waals surface area contributed by atoms with E-state index >= 15 is 0 Å². The average Bonchev–Trinajstić information content (AvgIpc) is 2.77. The minimum atomic E-state index is -0.491. The van der Waals surface area contributed by atoms with Crippen molar-refractivity contribution in [1.82, 2.24) is 0 Å². The summed E-state index contributed by atoms with van der Waals surface area (Å²) in [6, 6.07) is 9.64. The maximum atomic E-state index is 12.7. The molecule has 4 rings (SSSR count). The molecule has 1 aromatic heterocycles. The van der Waals surface area contributed by atoms with Gasteiger partial charge in [0, 0.05) is 12.1 Å². The van der Waals surface area contributed by atoms with Gasteiger partial charge in [-0.15, -0.1) is 0 Å². The van der Waals surface area contributed by atoms with Crippen molar-refractivity contribution in [2.75, 3.05) is 20.3 Å². The molecule has 1 saturated carbocycles. The summed E-state index contributed by atoms with van der Waals surface area (Å²) in [4.78, 5) is 24.7. The van der Waals surface area contributed by atoms with Gasteiger partial charge >= 0.3 is 5.97 Å². The Balaban J connectivity index is 1.41. The molecule has 36 heavy (non-hydrogen) atoms. The summed E-state index contributed by atoms with van der Waals surface area (Å²) < 4.78 is 28.5. The number of methoxy groups -OCH3 is 1. The SMILES string of the molecule is COc1cc(Cl)c(OCCO[C@H]2C[C@@H](C(=O)OC(C)(C)C)C2)cc1-c1cc(=O)c2cccc(Cl)c2o1. The quantitative estimate of drug-likeness (QED) is 0.248. The highest BCUT2D eigenvalue weighted by Gasteiger charge is 2.37. The van der Waals surface area contributed by atoms with E-state index in [9.17, 15) is 9.59 Å². The maximum absolute atomic E-state index is 12.7. The molecule has 1 fully saturated rings. The standard InChI is InChI=1S/C27H28Cl2O7/c1-27(2,3)36-26(31)15-10-16(11-15)33-8-9-34-24-12-18(22(32-4)13-20(24)29)23-14-21(30)17-6-5-7-19(28)25(17)35-23/h5-7,12-16H,8-11H2,1-4H3/t15-,16+. The molecule has 3 aromatic rings. The second kappa shape index (κ2) is 10.7. The second-order valence-corrected chi connectivity index (χ2v) is 10.4. The Hall–Kier alpha value is -2.74. The number of fused-ring (bicyclic) bond motifs is 1. The lowest BCUT2D eigenvalue weighted by Crippen LogP contribution is -2.40. The largest absolute Gasteiger partial charge is 0.496 e. The molecule has 0 bridgehead atoms. The zero-order chi connectivity index (χ0) is 26.0. The van der Waals surface area contributed by atoms with Crippen LogP contribution in [0.1, 0.15) is 33.6 Å². The zero-order valence-corrected chi connectivity index (χ0v) is 22.1. The first kappa shape index (κ1) is 26.3. The number of benzene rings is 2. The Morgan fingerprint density at radius 2 is 1.81 bits per heavy atom. The van der Waals surface area contributed by atoms with Crippen molar-refractivity contribution in [2.45, 2.75) is 45.3 Å². The van der Waals surface area contributed by atoms with Gasteiger partial charge in [-0.1, -0.05) is 29.3 Å². The van der Waals surface area contributed by atoms with E-state index < -0.39 is 5.60 Å². The first-order valence-corrected chi connectivity index (χ1v) is 12.4. The Morgan fingerprint density at radius 1 is 1.06 bits per heavy atom. The molecule has 0 radical (unpaired) electrons. The van der Waals surface area contributed by atoms with Gasteiger partial charge < -0.3 is 23.4 Å². The van der Waals surface area contributed by atoms with Gasteiger partial charge in [0.2, 0.25) is 0 Å². The predicted molar refractivity (Wildman–Crippen MR) is 138 cm³/mol. The fraction of sp³-hybridized carbons (Fsp3) is 0.407. The molecule has 192 valence electrons. The number of carbonyl (C=O) groups is 1. The van der Waals surface area contributed by atoms with Crippen molar-refractivity contribution in [1.29, 1.82) is 0 Å². The van der Waals surface area contributed by atoms with Crippen LogP contribution < -0.4 is 14.9 Å². The molecule has 0 N–H and O–H groups in total. The van der Waals surface area contributed by atoms with Crippen LogP contribution in [0, 0.1) is 5.92 Å². The van der Waals surface area contributed by atoms with Crippen molar-refractivity contribution in [2.24, 2.45) is 5.92 Å². The van der Waals surface area contributed by atoms with Gasteiger partial charge in [-0.25, -0.2) is 0 Å². The fourth-order valence-corrected chi connectivity index (χ4v) is 4.35. The molecule has 1 heterocycles. The molecule has 0 aliphatic heterocycles. The molecular formula is C27H28Cl2O7. The predicted octanol–water partition coefficient (Wildman–Crippen LogP) is 6.29. The van der Waals surface area contributed by atoms with Crippen molar-refractivity contribution in [3.63, 3.8) is 0 Å². The summed E-state index contributed by atoms with van der Waals surface area (Å²) in [6.45, 7) is 6.13. The first-order valence-electron chi connectivity index (χ1n) is 11.6. The number of halogens is 2. The summed E-state index contributed by atoms with van der Waals surface area (Å²) in [5, 5.41) is 1.06. The molecule has 1 aliphatic carbocycles. The van der Waals surface area contributed by atoms with Crippen LogP contribution >= 0.6 is 23.2 Å². The van der Waals surface area contributed by atoms with E-state index in [1.54, 1.807) is 30.3 Å². The van der Waals surface area contributed by atoms with Crippen LogP contribution in [0.4, 0.5) is 0 Å². The highest BCUT2D eigenvalue weighted by molar-refractivity contribution is 6.34. The summed E-state index contributed by atoms with van der Waals surface area (Å²) >= 11 is 12.6. The number of esters is 1. The van der Waals surface area contributed by atoms with E-state index in [-0.39, 0.29) is 35.8 Å². The number of rotatable bonds is 8. The van der Waals surface area contributed by atoms with Crippen LogP contribution in [0.3, 0.4) is 0 Å².